The van der Waals surface area contributed by atoms with Crippen LogP contribution in [0.1, 0.15) is 56.6 Å². The molecule has 0 spiro atoms. The van der Waals surface area contributed by atoms with Gasteiger partial charge in [-0.25, -0.2) is 4.79 Å². The van der Waals surface area contributed by atoms with Crippen molar-refractivity contribution in [1.82, 2.24) is 0 Å². The Hall–Kier alpha value is -1.95. The molecule has 5 rings (SSSR count). The van der Waals surface area contributed by atoms with Crippen molar-refractivity contribution in [1.29, 1.82) is 0 Å². The summed E-state index contributed by atoms with van der Waals surface area (Å²) in [6, 6.07) is 11.3. The summed E-state index contributed by atoms with van der Waals surface area (Å²) in [6.45, 7) is 0.795. The van der Waals surface area contributed by atoms with E-state index in [1.807, 2.05) is 12.1 Å². The number of hydrogen-bond acceptors (Lipinski definition) is 3. The van der Waals surface area contributed by atoms with E-state index in [0.29, 0.717) is 27.7 Å². The third kappa shape index (κ3) is 4.43. The van der Waals surface area contributed by atoms with Gasteiger partial charge in [0.1, 0.15) is 0 Å². The summed E-state index contributed by atoms with van der Waals surface area (Å²) in [5.41, 5.74) is 3.47. The standard InChI is InChI=1S/C25H29Cl2N3O2/c26-19-9-4-10-21(22(19)27)30-25(31)28-16-11-12-20-18(14-16)24-17(8-5-13-32-24)23(29-20)15-6-2-1-3-7-15/h4,9-12,14-15,17,23-24,29H,1-3,5-8,13H2,(H2,28,30,31)/t17-,23?,24-/m0/s1. The van der Waals surface area contributed by atoms with Crippen molar-refractivity contribution in [2.75, 3.05) is 22.6 Å². The summed E-state index contributed by atoms with van der Waals surface area (Å²) in [4.78, 5) is 12.6. The number of rotatable bonds is 3. The lowest BCUT2D eigenvalue weighted by molar-refractivity contribution is -0.0457. The quantitative estimate of drug-likeness (QED) is 0.432. The highest BCUT2D eigenvalue weighted by molar-refractivity contribution is 6.44. The van der Waals surface area contributed by atoms with Gasteiger partial charge in [0, 0.05) is 35.5 Å². The minimum Gasteiger partial charge on any atom is -0.381 e. The van der Waals surface area contributed by atoms with Gasteiger partial charge in [-0.1, -0.05) is 48.5 Å². The van der Waals surface area contributed by atoms with Crippen LogP contribution in [-0.4, -0.2) is 18.7 Å². The Morgan fingerprint density at radius 1 is 1.00 bits per heavy atom. The Morgan fingerprint density at radius 3 is 2.69 bits per heavy atom. The number of benzene rings is 2. The van der Waals surface area contributed by atoms with Crippen LogP contribution < -0.4 is 16.0 Å². The van der Waals surface area contributed by atoms with Crippen LogP contribution in [-0.2, 0) is 4.74 Å². The van der Waals surface area contributed by atoms with Crippen LogP contribution in [0.3, 0.4) is 0 Å². The molecule has 1 aliphatic carbocycles. The maximum atomic E-state index is 12.6. The topological polar surface area (TPSA) is 62.4 Å². The van der Waals surface area contributed by atoms with E-state index in [4.69, 9.17) is 27.9 Å². The number of hydrogen-bond donors (Lipinski definition) is 3. The zero-order valence-corrected chi connectivity index (χ0v) is 19.5. The van der Waals surface area contributed by atoms with E-state index in [2.05, 4.69) is 22.0 Å². The van der Waals surface area contributed by atoms with Gasteiger partial charge in [-0.3, -0.25) is 0 Å². The van der Waals surface area contributed by atoms with E-state index < -0.39 is 0 Å². The summed E-state index contributed by atoms with van der Waals surface area (Å²) in [5, 5.41) is 10.3. The molecule has 1 unspecified atom stereocenters. The molecule has 1 saturated heterocycles. The summed E-state index contributed by atoms with van der Waals surface area (Å²) in [5.74, 6) is 1.20. The van der Waals surface area contributed by atoms with E-state index in [1.165, 1.54) is 38.5 Å². The maximum absolute atomic E-state index is 12.6. The van der Waals surface area contributed by atoms with Gasteiger partial charge in [-0.15, -0.1) is 0 Å². The van der Waals surface area contributed by atoms with Crippen molar-refractivity contribution in [2.24, 2.45) is 11.8 Å². The summed E-state index contributed by atoms with van der Waals surface area (Å²) >= 11 is 12.2. The van der Waals surface area contributed by atoms with E-state index in [1.54, 1.807) is 18.2 Å². The molecule has 2 fully saturated rings. The van der Waals surface area contributed by atoms with E-state index in [-0.39, 0.29) is 12.1 Å². The second-order valence-electron chi connectivity index (χ2n) is 9.15. The summed E-state index contributed by atoms with van der Waals surface area (Å²) in [7, 11) is 0. The number of anilines is 3. The van der Waals surface area contributed by atoms with Crippen molar-refractivity contribution < 1.29 is 9.53 Å². The SMILES string of the molecule is O=C(Nc1ccc2c(c1)[C@H]1OCCC[C@H]1C(C1CCCCC1)N2)Nc1cccc(Cl)c1Cl. The Balaban J connectivity index is 1.34. The van der Waals surface area contributed by atoms with Gasteiger partial charge < -0.3 is 20.7 Å². The van der Waals surface area contributed by atoms with Gasteiger partial charge in [-0.05, 0) is 61.9 Å². The molecule has 3 N–H and O–H groups in total. The number of urea groups is 1. The van der Waals surface area contributed by atoms with Crippen molar-refractivity contribution in [3.63, 3.8) is 0 Å². The lowest BCUT2D eigenvalue weighted by atomic mass is 9.71. The zero-order chi connectivity index (χ0) is 22.1. The highest BCUT2D eigenvalue weighted by Crippen LogP contribution is 2.48. The lowest BCUT2D eigenvalue weighted by Gasteiger charge is -2.47. The monoisotopic (exact) mass is 473 g/mol. The third-order valence-electron chi connectivity index (χ3n) is 7.12. The van der Waals surface area contributed by atoms with Crippen molar-refractivity contribution in [3.05, 3.63) is 52.0 Å². The fourth-order valence-corrected chi connectivity index (χ4v) is 5.98. The van der Waals surface area contributed by atoms with Crippen molar-refractivity contribution >= 4 is 46.3 Å². The van der Waals surface area contributed by atoms with Gasteiger partial charge in [0.05, 0.1) is 21.8 Å². The Labute approximate surface area is 199 Å². The number of halogens is 2. The van der Waals surface area contributed by atoms with Crippen LogP contribution in [0.2, 0.25) is 10.0 Å². The van der Waals surface area contributed by atoms with Gasteiger partial charge in [0.2, 0.25) is 0 Å². The number of ether oxygens (including phenoxy) is 1. The predicted octanol–water partition coefficient (Wildman–Crippen LogP) is 7.48. The van der Waals surface area contributed by atoms with Gasteiger partial charge in [-0.2, -0.15) is 0 Å². The molecule has 5 nitrogen and oxygen atoms in total. The third-order valence-corrected chi connectivity index (χ3v) is 7.94. The molecule has 0 radical (unpaired) electrons. The first-order valence-electron chi connectivity index (χ1n) is 11.6. The second-order valence-corrected chi connectivity index (χ2v) is 9.93. The van der Waals surface area contributed by atoms with Crippen LogP contribution in [0.4, 0.5) is 21.9 Å². The second kappa shape index (κ2) is 9.50. The van der Waals surface area contributed by atoms with Crippen molar-refractivity contribution in [2.45, 2.75) is 57.1 Å². The molecule has 3 atom stereocenters. The number of fused-ring (bicyclic) bond motifs is 3. The van der Waals surface area contributed by atoms with Gasteiger partial charge >= 0.3 is 6.03 Å². The first kappa shape index (κ1) is 21.9. The molecule has 32 heavy (non-hydrogen) atoms. The molecular weight excluding hydrogens is 445 g/mol. The highest BCUT2D eigenvalue weighted by Gasteiger charge is 2.42. The first-order valence-corrected chi connectivity index (χ1v) is 12.4. The number of carbonyl (C=O) groups excluding carboxylic acids is 1. The predicted molar refractivity (Wildman–Crippen MR) is 131 cm³/mol. The largest absolute Gasteiger partial charge is 0.381 e. The fraction of sp³-hybridized carbons (Fsp3) is 0.480. The molecule has 0 bridgehead atoms. The molecular formula is C25H29Cl2N3O2. The smallest absolute Gasteiger partial charge is 0.323 e. The number of amides is 2. The molecule has 2 aromatic rings. The molecule has 7 heteroatoms. The molecule has 2 heterocycles. The minimum atomic E-state index is -0.362. The first-order chi connectivity index (χ1) is 15.6. The fourth-order valence-electron chi connectivity index (χ4n) is 5.63. The van der Waals surface area contributed by atoms with E-state index in [9.17, 15) is 4.79 Å². The Kier molecular flexibility index (Phi) is 6.49. The highest BCUT2D eigenvalue weighted by atomic mass is 35.5. The van der Waals surface area contributed by atoms with Gasteiger partial charge in [0.15, 0.2) is 0 Å². The number of carbonyl (C=O) groups is 1. The molecule has 3 aliphatic rings. The maximum Gasteiger partial charge on any atom is 0.323 e. The van der Waals surface area contributed by atoms with Gasteiger partial charge in [0.25, 0.3) is 0 Å². The molecule has 2 aromatic carbocycles. The molecule has 1 saturated carbocycles. The molecule has 0 aromatic heterocycles. The zero-order valence-electron chi connectivity index (χ0n) is 18.0. The van der Waals surface area contributed by atoms with Crippen LogP contribution in [0.5, 0.6) is 0 Å². The average molecular weight is 474 g/mol. The van der Waals surface area contributed by atoms with Crippen LogP contribution >= 0.6 is 23.2 Å². The Bertz CT molecular complexity index is 993. The lowest BCUT2D eigenvalue weighted by Crippen LogP contribution is -2.46. The normalized spacial score (nSPS) is 25.2. The average Bonchev–Trinajstić information content (AvgIpc) is 2.82. The molecule has 170 valence electrons. The Morgan fingerprint density at radius 2 is 1.84 bits per heavy atom. The van der Waals surface area contributed by atoms with E-state index in [0.717, 1.165) is 35.9 Å². The summed E-state index contributed by atoms with van der Waals surface area (Å²) < 4.78 is 6.31. The molecule has 2 amide bonds. The van der Waals surface area contributed by atoms with Crippen LogP contribution in [0, 0.1) is 11.8 Å². The molecule has 2 aliphatic heterocycles. The van der Waals surface area contributed by atoms with Crippen molar-refractivity contribution in [3.8, 4) is 0 Å². The van der Waals surface area contributed by atoms with Crippen LogP contribution in [0.25, 0.3) is 0 Å². The van der Waals surface area contributed by atoms with Crippen LogP contribution in [0.15, 0.2) is 36.4 Å². The minimum absolute atomic E-state index is 0.0825. The van der Waals surface area contributed by atoms with E-state index >= 15 is 0 Å². The summed E-state index contributed by atoms with van der Waals surface area (Å²) in [6.07, 6.45) is 9.03. The number of nitrogens with one attached hydrogen (secondary N) is 3.